The number of tetrazole rings is 1. The van der Waals surface area contributed by atoms with Crippen LogP contribution in [0.1, 0.15) is 15.9 Å². The second kappa shape index (κ2) is 5.62. The molecular weight excluding hydrogens is 304 g/mol. The maximum absolute atomic E-state index is 12.5. The van der Waals surface area contributed by atoms with Gasteiger partial charge in [-0.25, -0.2) is 4.68 Å². The Labute approximate surface area is 137 Å². The molecule has 0 atom stereocenters. The SMILES string of the molecule is Cc1ccc(C(=O)Nc2ccc3cc[nH]c3c2)cc1-n1cnnn1. The van der Waals surface area contributed by atoms with Gasteiger partial charge in [0.2, 0.25) is 0 Å². The second-order valence-corrected chi connectivity index (χ2v) is 5.49. The normalized spacial score (nSPS) is 10.9. The largest absolute Gasteiger partial charge is 0.361 e. The number of aromatic nitrogens is 5. The summed E-state index contributed by atoms with van der Waals surface area (Å²) in [5.41, 5.74) is 4.00. The van der Waals surface area contributed by atoms with E-state index in [0.717, 1.165) is 27.8 Å². The highest BCUT2D eigenvalue weighted by atomic mass is 16.1. The molecule has 0 bridgehead atoms. The van der Waals surface area contributed by atoms with Gasteiger partial charge in [0.1, 0.15) is 6.33 Å². The predicted molar refractivity (Wildman–Crippen MR) is 90.1 cm³/mol. The molecule has 0 aliphatic carbocycles. The maximum Gasteiger partial charge on any atom is 0.255 e. The number of carbonyl (C=O) groups is 1. The lowest BCUT2D eigenvalue weighted by Gasteiger charge is -2.09. The van der Waals surface area contributed by atoms with Crippen molar-refractivity contribution in [3.8, 4) is 5.69 Å². The molecule has 0 fully saturated rings. The van der Waals surface area contributed by atoms with E-state index in [4.69, 9.17) is 0 Å². The van der Waals surface area contributed by atoms with Crippen molar-refractivity contribution in [2.24, 2.45) is 0 Å². The summed E-state index contributed by atoms with van der Waals surface area (Å²) in [5, 5.41) is 15.2. The molecule has 2 N–H and O–H groups in total. The van der Waals surface area contributed by atoms with Gasteiger partial charge >= 0.3 is 0 Å². The first-order valence-electron chi connectivity index (χ1n) is 7.43. The molecule has 0 saturated heterocycles. The minimum absolute atomic E-state index is 0.185. The zero-order valence-electron chi connectivity index (χ0n) is 12.9. The fourth-order valence-electron chi connectivity index (χ4n) is 2.60. The number of hydrogen-bond donors (Lipinski definition) is 2. The van der Waals surface area contributed by atoms with Crippen LogP contribution in [0.2, 0.25) is 0 Å². The van der Waals surface area contributed by atoms with Gasteiger partial charge in [-0.2, -0.15) is 0 Å². The molecule has 0 saturated carbocycles. The standard InChI is InChI=1S/C17H14N6O/c1-11-2-3-13(8-16(11)23-10-19-21-22-23)17(24)20-14-5-4-12-6-7-18-15(12)9-14/h2-10,18H,1H3,(H,20,24). The number of fused-ring (bicyclic) bond motifs is 1. The zero-order chi connectivity index (χ0) is 16.5. The van der Waals surface area contributed by atoms with Crippen LogP contribution in [-0.4, -0.2) is 31.1 Å². The van der Waals surface area contributed by atoms with Gasteiger partial charge in [0.05, 0.1) is 5.69 Å². The summed E-state index contributed by atoms with van der Waals surface area (Å²) >= 11 is 0. The number of rotatable bonds is 3. The van der Waals surface area contributed by atoms with Crippen LogP contribution in [0.3, 0.4) is 0 Å². The highest BCUT2D eigenvalue weighted by Gasteiger charge is 2.11. The highest BCUT2D eigenvalue weighted by molar-refractivity contribution is 6.05. The summed E-state index contributed by atoms with van der Waals surface area (Å²) in [4.78, 5) is 15.7. The van der Waals surface area contributed by atoms with E-state index in [9.17, 15) is 4.79 Å². The lowest BCUT2D eigenvalue weighted by Crippen LogP contribution is -2.13. The van der Waals surface area contributed by atoms with Crippen molar-refractivity contribution in [3.63, 3.8) is 0 Å². The van der Waals surface area contributed by atoms with Gasteiger partial charge in [0.15, 0.2) is 0 Å². The predicted octanol–water partition coefficient (Wildman–Crippen LogP) is 2.70. The van der Waals surface area contributed by atoms with E-state index in [1.807, 2.05) is 43.5 Å². The fourth-order valence-corrected chi connectivity index (χ4v) is 2.60. The summed E-state index contributed by atoms with van der Waals surface area (Å²) in [5.74, 6) is -0.185. The molecule has 0 aliphatic rings. The van der Waals surface area contributed by atoms with Gasteiger partial charge in [0, 0.05) is 23.0 Å². The molecule has 24 heavy (non-hydrogen) atoms. The van der Waals surface area contributed by atoms with Crippen molar-refractivity contribution in [2.75, 3.05) is 5.32 Å². The molecule has 1 amide bonds. The topological polar surface area (TPSA) is 88.5 Å². The van der Waals surface area contributed by atoms with Gasteiger partial charge in [-0.1, -0.05) is 12.1 Å². The molecule has 7 nitrogen and oxygen atoms in total. The average molecular weight is 318 g/mol. The van der Waals surface area contributed by atoms with Crippen LogP contribution in [0.5, 0.6) is 0 Å². The zero-order valence-corrected chi connectivity index (χ0v) is 12.9. The summed E-state index contributed by atoms with van der Waals surface area (Å²) in [7, 11) is 0. The minimum Gasteiger partial charge on any atom is -0.361 e. The number of nitrogens with one attached hydrogen (secondary N) is 2. The summed E-state index contributed by atoms with van der Waals surface area (Å²) in [6.45, 7) is 1.94. The summed E-state index contributed by atoms with van der Waals surface area (Å²) in [6.07, 6.45) is 3.37. The summed E-state index contributed by atoms with van der Waals surface area (Å²) < 4.78 is 1.54. The molecule has 0 aliphatic heterocycles. The minimum atomic E-state index is -0.185. The third-order valence-corrected chi connectivity index (χ3v) is 3.88. The number of anilines is 1. The van der Waals surface area contributed by atoms with E-state index < -0.39 is 0 Å². The van der Waals surface area contributed by atoms with Crippen LogP contribution in [-0.2, 0) is 0 Å². The monoisotopic (exact) mass is 318 g/mol. The molecule has 118 valence electrons. The Bertz CT molecular complexity index is 1020. The Morgan fingerprint density at radius 3 is 2.92 bits per heavy atom. The quantitative estimate of drug-likeness (QED) is 0.608. The smallest absolute Gasteiger partial charge is 0.255 e. The van der Waals surface area contributed by atoms with E-state index in [0.29, 0.717) is 5.56 Å². The Hall–Kier alpha value is -3.48. The third-order valence-electron chi connectivity index (χ3n) is 3.88. The molecule has 2 heterocycles. The van der Waals surface area contributed by atoms with Crippen molar-refractivity contribution in [3.05, 3.63) is 66.1 Å². The molecule has 0 spiro atoms. The van der Waals surface area contributed by atoms with Gasteiger partial charge in [0.25, 0.3) is 5.91 Å². The lowest BCUT2D eigenvalue weighted by atomic mass is 10.1. The Kier molecular flexibility index (Phi) is 3.31. The number of nitrogens with zero attached hydrogens (tertiary/aromatic N) is 4. The Morgan fingerprint density at radius 2 is 2.08 bits per heavy atom. The van der Waals surface area contributed by atoms with E-state index >= 15 is 0 Å². The molecule has 0 unspecified atom stereocenters. The van der Waals surface area contributed by atoms with E-state index in [2.05, 4.69) is 25.8 Å². The third kappa shape index (κ3) is 2.52. The number of amides is 1. The molecule has 0 radical (unpaired) electrons. The highest BCUT2D eigenvalue weighted by Crippen LogP contribution is 2.20. The van der Waals surface area contributed by atoms with Crippen LogP contribution >= 0.6 is 0 Å². The number of H-pyrrole nitrogens is 1. The first kappa shape index (κ1) is 14.1. The van der Waals surface area contributed by atoms with Crippen LogP contribution < -0.4 is 5.32 Å². The van der Waals surface area contributed by atoms with Gasteiger partial charge in [-0.05, 0) is 58.6 Å². The van der Waals surface area contributed by atoms with Crippen molar-refractivity contribution in [1.29, 1.82) is 0 Å². The number of hydrogen-bond acceptors (Lipinski definition) is 4. The fraction of sp³-hybridized carbons (Fsp3) is 0.0588. The van der Waals surface area contributed by atoms with Crippen molar-refractivity contribution in [1.82, 2.24) is 25.2 Å². The van der Waals surface area contributed by atoms with E-state index in [-0.39, 0.29) is 5.91 Å². The molecular formula is C17H14N6O. The molecule has 7 heteroatoms. The van der Waals surface area contributed by atoms with Gasteiger partial charge < -0.3 is 10.3 Å². The second-order valence-electron chi connectivity index (χ2n) is 5.49. The van der Waals surface area contributed by atoms with Crippen molar-refractivity contribution in [2.45, 2.75) is 6.92 Å². The van der Waals surface area contributed by atoms with Gasteiger partial charge in [-0.15, -0.1) is 5.10 Å². The first-order chi connectivity index (χ1) is 11.7. The molecule has 2 aromatic carbocycles. The number of carbonyl (C=O) groups excluding carboxylic acids is 1. The molecule has 4 aromatic rings. The first-order valence-corrected chi connectivity index (χ1v) is 7.43. The summed E-state index contributed by atoms with van der Waals surface area (Å²) in [6, 6.07) is 13.2. The number of benzene rings is 2. The van der Waals surface area contributed by atoms with Crippen LogP contribution in [0.4, 0.5) is 5.69 Å². The van der Waals surface area contributed by atoms with Crippen molar-refractivity contribution >= 4 is 22.5 Å². The van der Waals surface area contributed by atoms with E-state index in [1.165, 1.54) is 11.0 Å². The molecule has 2 aromatic heterocycles. The van der Waals surface area contributed by atoms with Crippen LogP contribution in [0, 0.1) is 6.92 Å². The van der Waals surface area contributed by atoms with Gasteiger partial charge in [-0.3, -0.25) is 4.79 Å². The Balaban J connectivity index is 1.63. The van der Waals surface area contributed by atoms with Crippen molar-refractivity contribution < 1.29 is 4.79 Å². The Morgan fingerprint density at radius 1 is 1.17 bits per heavy atom. The number of aryl methyl sites for hydroxylation is 1. The number of aromatic amines is 1. The van der Waals surface area contributed by atoms with Crippen LogP contribution in [0.15, 0.2) is 55.0 Å². The molecule has 4 rings (SSSR count). The van der Waals surface area contributed by atoms with E-state index in [1.54, 1.807) is 12.1 Å². The lowest BCUT2D eigenvalue weighted by molar-refractivity contribution is 0.102. The van der Waals surface area contributed by atoms with Crippen LogP contribution in [0.25, 0.3) is 16.6 Å². The maximum atomic E-state index is 12.5. The average Bonchev–Trinajstić information content (AvgIpc) is 3.26.